The lowest BCUT2D eigenvalue weighted by Crippen LogP contribution is -2.18. The minimum absolute atomic E-state index is 1.03. The quantitative estimate of drug-likeness (QED) is 0.512. The Balaban J connectivity index is 3.16. The summed E-state index contributed by atoms with van der Waals surface area (Å²) in [7, 11) is 0. The molecule has 0 heterocycles. The molecule has 0 spiro atoms. The lowest BCUT2D eigenvalue weighted by Gasteiger charge is -2.11. The Bertz CT molecular complexity index is 50.0. The van der Waals surface area contributed by atoms with Crippen LogP contribution in [0.4, 0.5) is 0 Å². The van der Waals surface area contributed by atoms with Crippen LogP contribution in [0.5, 0.6) is 0 Å². The van der Waals surface area contributed by atoms with Crippen molar-refractivity contribution in [3.8, 4) is 0 Å². The van der Waals surface area contributed by atoms with Crippen LogP contribution in [-0.2, 0) is 0 Å². The summed E-state index contributed by atoms with van der Waals surface area (Å²) in [6.45, 7) is 6.23. The smallest absolute Gasteiger partial charge is 0.0640 e. The van der Waals surface area contributed by atoms with Crippen LogP contribution < -0.4 is 0 Å². The fraction of sp³-hybridized carbons (Fsp3) is 0.800. The molecule has 1 nitrogen and oxygen atoms in total. The molecule has 0 rings (SSSR count). The van der Waals surface area contributed by atoms with Gasteiger partial charge < -0.3 is 4.90 Å². The summed E-state index contributed by atoms with van der Waals surface area (Å²) >= 11 is 4.67. The first-order chi connectivity index (χ1) is 3.35. The number of hydrogen-bond donors (Lipinski definition) is 0. The fourth-order valence-electron chi connectivity index (χ4n) is 0.373. The molecule has 0 bridgehead atoms. The van der Waals surface area contributed by atoms with Crippen molar-refractivity contribution in [1.82, 2.24) is 4.90 Å². The van der Waals surface area contributed by atoms with Crippen LogP contribution >= 0.6 is 12.2 Å². The Morgan fingerprint density at radius 2 is 1.86 bits per heavy atom. The average Bonchev–Trinajstić information content (AvgIpc) is 1.72. The van der Waals surface area contributed by atoms with E-state index in [2.05, 4.69) is 31.0 Å². The van der Waals surface area contributed by atoms with Crippen LogP contribution in [0, 0.1) is 0 Å². The van der Waals surface area contributed by atoms with Crippen LogP contribution in [0.25, 0.3) is 0 Å². The van der Waals surface area contributed by atoms with Crippen molar-refractivity contribution in [3.05, 3.63) is 0 Å². The molecule has 0 aromatic rings. The van der Waals surface area contributed by atoms with E-state index in [4.69, 9.17) is 0 Å². The minimum Gasteiger partial charge on any atom is -0.369 e. The van der Waals surface area contributed by atoms with Gasteiger partial charge in [0.25, 0.3) is 0 Å². The number of nitrogens with zero attached hydrogens (tertiary/aromatic N) is 1. The van der Waals surface area contributed by atoms with Gasteiger partial charge in [-0.05, 0) is 13.8 Å². The number of hydrogen-bond acceptors (Lipinski definition) is 1. The zero-order valence-corrected chi connectivity index (χ0v) is 5.66. The van der Waals surface area contributed by atoms with Gasteiger partial charge >= 0.3 is 0 Å². The standard InChI is InChI=1S/C5H11NS/c1-3-6(4-2)5-7/h5H,3-4H2,1-2H3. The summed E-state index contributed by atoms with van der Waals surface area (Å²) in [5.74, 6) is 0. The van der Waals surface area contributed by atoms with E-state index < -0.39 is 0 Å². The molecule has 0 aliphatic rings. The number of rotatable bonds is 3. The van der Waals surface area contributed by atoms with Gasteiger partial charge in [0.2, 0.25) is 0 Å². The van der Waals surface area contributed by atoms with Gasteiger partial charge in [-0.2, -0.15) is 0 Å². The molecule has 2 heteroatoms. The molecule has 0 radical (unpaired) electrons. The fourth-order valence-corrected chi connectivity index (χ4v) is 0.671. The Labute approximate surface area is 50.3 Å². The highest BCUT2D eigenvalue weighted by atomic mass is 32.1. The van der Waals surface area contributed by atoms with E-state index in [1.165, 1.54) is 0 Å². The molecular weight excluding hydrogens is 106 g/mol. The van der Waals surface area contributed by atoms with Gasteiger partial charge in [-0.15, -0.1) is 0 Å². The number of thiocarbonyl (C=S) groups is 1. The van der Waals surface area contributed by atoms with Gasteiger partial charge in [0.05, 0.1) is 5.49 Å². The highest BCUT2D eigenvalue weighted by Crippen LogP contribution is 1.78. The molecule has 0 fully saturated rings. The molecule has 0 saturated carbocycles. The zero-order valence-electron chi connectivity index (χ0n) is 4.85. The van der Waals surface area contributed by atoms with Crippen LogP contribution in [0.2, 0.25) is 0 Å². The summed E-state index contributed by atoms with van der Waals surface area (Å²) in [6.07, 6.45) is 0. The molecule has 7 heavy (non-hydrogen) atoms. The molecule has 0 atom stereocenters. The lowest BCUT2D eigenvalue weighted by atomic mass is 10.6. The lowest BCUT2D eigenvalue weighted by molar-refractivity contribution is 0.486. The van der Waals surface area contributed by atoms with Gasteiger partial charge in [0.15, 0.2) is 0 Å². The molecule has 0 N–H and O–H groups in total. The summed E-state index contributed by atoms with van der Waals surface area (Å²) in [5.41, 5.74) is 1.69. The van der Waals surface area contributed by atoms with Crippen LogP contribution in [0.3, 0.4) is 0 Å². The van der Waals surface area contributed by atoms with Crippen molar-refractivity contribution >= 4 is 17.7 Å². The normalized spacial score (nSPS) is 8.29. The van der Waals surface area contributed by atoms with E-state index in [9.17, 15) is 0 Å². The zero-order chi connectivity index (χ0) is 5.70. The molecule has 0 unspecified atom stereocenters. The molecule has 0 saturated heterocycles. The average molecular weight is 117 g/mol. The molecule has 0 aromatic heterocycles. The molecular formula is C5H11NS. The van der Waals surface area contributed by atoms with Crippen molar-refractivity contribution in [2.75, 3.05) is 13.1 Å². The van der Waals surface area contributed by atoms with E-state index in [0.29, 0.717) is 0 Å². The van der Waals surface area contributed by atoms with Gasteiger partial charge in [-0.1, -0.05) is 12.2 Å². The first kappa shape index (κ1) is 6.89. The Kier molecular flexibility index (Phi) is 4.00. The van der Waals surface area contributed by atoms with Crippen molar-refractivity contribution in [2.45, 2.75) is 13.8 Å². The molecule has 42 valence electrons. The summed E-state index contributed by atoms with van der Waals surface area (Å²) < 4.78 is 0. The Morgan fingerprint density at radius 1 is 1.43 bits per heavy atom. The van der Waals surface area contributed by atoms with Crippen molar-refractivity contribution in [2.24, 2.45) is 0 Å². The first-order valence-corrected chi connectivity index (χ1v) is 3.01. The summed E-state index contributed by atoms with van der Waals surface area (Å²) in [6, 6.07) is 0. The van der Waals surface area contributed by atoms with E-state index in [-0.39, 0.29) is 0 Å². The maximum absolute atomic E-state index is 4.67. The summed E-state index contributed by atoms with van der Waals surface area (Å²) in [4.78, 5) is 2.06. The van der Waals surface area contributed by atoms with Crippen LogP contribution in [-0.4, -0.2) is 23.5 Å². The second-order valence-electron chi connectivity index (χ2n) is 1.33. The molecule has 0 aliphatic heterocycles. The Morgan fingerprint density at radius 3 is 1.86 bits per heavy atom. The summed E-state index contributed by atoms with van der Waals surface area (Å²) in [5, 5.41) is 0. The van der Waals surface area contributed by atoms with Gasteiger partial charge in [-0.3, -0.25) is 0 Å². The van der Waals surface area contributed by atoms with Crippen molar-refractivity contribution in [1.29, 1.82) is 0 Å². The van der Waals surface area contributed by atoms with E-state index >= 15 is 0 Å². The molecule has 0 aromatic carbocycles. The van der Waals surface area contributed by atoms with E-state index in [1.54, 1.807) is 5.49 Å². The largest absolute Gasteiger partial charge is 0.369 e. The molecule has 0 aliphatic carbocycles. The monoisotopic (exact) mass is 117 g/mol. The third kappa shape index (κ3) is 2.57. The maximum Gasteiger partial charge on any atom is 0.0640 e. The highest BCUT2D eigenvalue weighted by Gasteiger charge is 1.84. The second-order valence-corrected chi connectivity index (χ2v) is 1.54. The topological polar surface area (TPSA) is 3.24 Å². The maximum atomic E-state index is 4.67. The van der Waals surface area contributed by atoms with Gasteiger partial charge in [-0.25, -0.2) is 0 Å². The van der Waals surface area contributed by atoms with E-state index in [0.717, 1.165) is 13.1 Å². The van der Waals surface area contributed by atoms with Gasteiger partial charge in [0.1, 0.15) is 0 Å². The van der Waals surface area contributed by atoms with Crippen molar-refractivity contribution < 1.29 is 0 Å². The minimum atomic E-state index is 1.03. The van der Waals surface area contributed by atoms with Gasteiger partial charge in [0, 0.05) is 13.1 Å². The first-order valence-electron chi connectivity index (χ1n) is 2.54. The SMILES string of the molecule is CCN(C=S)CC. The predicted octanol–water partition coefficient (Wildman–Crippen LogP) is 1.29. The third-order valence-corrected chi connectivity index (χ3v) is 1.26. The molecule has 0 amide bonds. The second kappa shape index (κ2) is 4.06. The highest BCUT2D eigenvalue weighted by molar-refractivity contribution is 7.78. The predicted molar refractivity (Wildman–Crippen MR) is 36.6 cm³/mol. The van der Waals surface area contributed by atoms with Crippen LogP contribution in [0.15, 0.2) is 0 Å². The Hall–Kier alpha value is -0.110. The van der Waals surface area contributed by atoms with Crippen LogP contribution in [0.1, 0.15) is 13.8 Å². The van der Waals surface area contributed by atoms with E-state index in [1.807, 2.05) is 0 Å². The van der Waals surface area contributed by atoms with Crippen molar-refractivity contribution in [3.63, 3.8) is 0 Å². The third-order valence-electron chi connectivity index (χ3n) is 0.961.